The average molecular weight is 390 g/mol. The van der Waals surface area contributed by atoms with Crippen LogP contribution in [0.3, 0.4) is 0 Å². The summed E-state index contributed by atoms with van der Waals surface area (Å²) in [7, 11) is 1.54. The highest BCUT2D eigenvalue weighted by Crippen LogP contribution is 2.41. The molecule has 0 saturated heterocycles. The van der Waals surface area contributed by atoms with Gasteiger partial charge in [0.2, 0.25) is 5.76 Å². The van der Waals surface area contributed by atoms with E-state index in [-0.39, 0.29) is 17.1 Å². The molecule has 2 aromatic carbocycles. The molecule has 1 aliphatic rings. The lowest BCUT2D eigenvalue weighted by Crippen LogP contribution is -2.29. The van der Waals surface area contributed by atoms with Crippen molar-refractivity contribution in [2.75, 3.05) is 12.0 Å². The summed E-state index contributed by atoms with van der Waals surface area (Å²) in [5.74, 6) is 0.230. The van der Waals surface area contributed by atoms with E-state index in [1.807, 2.05) is 30.3 Å². The maximum Gasteiger partial charge on any atom is 0.297 e. The van der Waals surface area contributed by atoms with E-state index in [1.54, 1.807) is 29.8 Å². The number of benzene rings is 2. The highest BCUT2D eigenvalue weighted by Gasteiger charge is 2.44. The van der Waals surface area contributed by atoms with Crippen molar-refractivity contribution in [2.24, 2.45) is 0 Å². The second kappa shape index (κ2) is 6.31. The van der Waals surface area contributed by atoms with Gasteiger partial charge in [0, 0.05) is 17.6 Å². The predicted molar refractivity (Wildman–Crippen MR) is 106 cm³/mol. The number of carbonyl (C=O) groups is 1. The van der Waals surface area contributed by atoms with E-state index in [1.165, 1.54) is 23.3 Å². The summed E-state index contributed by atoms with van der Waals surface area (Å²) in [5.41, 5.74) is 1.26. The normalized spacial score (nSPS) is 15.8. The van der Waals surface area contributed by atoms with Crippen LogP contribution in [-0.2, 0) is 0 Å². The van der Waals surface area contributed by atoms with Crippen LogP contribution in [0.2, 0.25) is 0 Å². The molecule has 6 nitrogen and oxygen atoms in total. The highest BCUT2D eigenvalue weighted by atomic mass is 32.1. The largest absolute Gasteiger partial charge is 0.497 e. The second-order valence-electron chi connectivity index (χ2n) is 6.34. The zero-order valence-electron chi connectivity index (χ0n) is 14.8. The molecule has 0 saturated carbocycles. The minimum Gasteiger partial charge on any atom is -0.497 e. The first-order chi connectivity index (χ1) is 13.7. The number of hydrogen-bond acceptors (Lipinski definition) is 6. The van der Waals surface area contributed by atoms with Crippen LogP contribution in [0.25, 0.3) is 11.0 Å². The molecule has 2 aromatic heterocycles. The predicted octanol–water partition coefficient (Wildman–Crippen LogP) is 4.01. The molecule has 28 heavy (non-hydrogen) atoms. The number of anilines is 1. The number of thiazole rings is 1. The van der Waals surface area contributed by atoms with Gasteiger partial charge in [-0.3, -0.25) is 14.5 Å². The Bertz CT molecular complexity index is 1250. The first-order valence-corrected chi connectivity index (χ1v) is 9.49. The van der Waals surface area contributed by atoms with Crippen LogP contribution in [0.1, 0.15) is 27.7 Å². The van der Waals surface area contributed by atoms with E-state index < -0.39 is 6.04 Å². The number of ether oxygens (including phenoxy) is 1. The van der Waals surface area contributed by atoms with Gasteiger partial charge >= 0.3 is 0 Å². The minimum absolute atomic E-state index is 0.0507. The van der Waals surface area contributed by atoms with Gasteiger partial charge in [-0.2, -0.15) is 0 Å². The van der Waals surface area contributed by atoms with Gasteiger partial charge in [0.15, 0.2) is 10.6 Å². The molecule has 4 aromatic rings. The maximum absolute atomic E-state index is 13.4. The van der Waals surface area contributed by atoms with Crippen molar-refractivity contribution in [1.82, 2.24) is 4.98 Å². The van der Waals surface area contributed by atoms with Gasteiger partial charge in [-0.1, -0.05) is 30.3 Å². The van der Waals surface area contributed by atoms with Crippen LogP contribution >= 0.6 is 11.3 Å². The molecule has 1 aliphatic heterocycles. The molecular weight excluding hydrogens is 376 g/mol. The summed E-state index contributed by atoms with van der Waals surface area (Å²) in [6.07, 6.45) is 1.63. The van der Waals surface area contributed by atoms with Gasteiger partial charge < -0.3 is 9.15 Å². The Morgan fingerprint density at radius 3 is 2.68 bits per heavy atom. The van der Waals surface area contributed by atoms with E-state index >= 15 is 0 Å². The standard InChI is InChI=1S/C21H14N2O4S/c1-26-13-7-8-14-15(11-13)27-19-16(18(14)24)17(12-5-3-2-4-6-12)23(20(19)25)21-22-9-10-28-21/h2-11,17H,1H3/t17-/m0/s1. The molecule has 7 heteroatoms. The summed E-state index contributed by atoms with van der Waals surface area (Å²) >= 11 is 1.34. The Hall–Kier alpha value is -3.45. The lowest BCUT2D eigenvalue weighted by Gasteiger charge is -2.22. The number of rotatable bonds is 3. The van der Waals surface area contributed by atoms with E-state index in [0.717, 1.165) is 5.56 Å². The van der Waals surface area contributed by atoms with Crippen molar-refractivity contribution in [1.29, 1.82) is 0 Å². The Labute approximate surface area is 163 Å². The van der Waals surface area contributed by atoms with E-state index in [4.69, 9.17) is 9.15 Å². The molecule has 3 heterocycles. The Morgan fingerprint density at radius 1 is 1.14 bits per heavy atom. The SMILES string of the molecule is COc1ccc2c(=O)c3c(oc2c1)C(=O)N(c1nccs1)[C@H]3c1ccccc1. The van der Waals surface area contributed by atoms with Gasteiger partial charge in [0.05, 0.1) is 24.1 Å². The summed E-state index contributed by atoms with van der Waals surface area (Å²) in [6.45, 7) is 0. The first-order valence-electron chi connectivity index (χ1n) is 8.62. The molecule has 0 aliphatic carbocycles. The van der Waals surface area contributed by atoms with E-state index in [2.05, 4.69) is 4.98 Å². The van der Waals surface area contributed by atoms with Crippen molar-refractivity contribution < 1.29 is 13.9 Å². The smallest absolute Gasteiger partial charge is 0.297 e. The number of aromatic nitrogens is 1. The third-order valence-corrected chi connectivity index (χ3v) is 5.59. The summed E-state index contributed by atoms with van der Waals surface area (Å²) < 4.78 is 11.1. The number of carbonyl (C=O) groups excluding carboxylic acids is 1. The molecule has 0 bridgehead atoms. The lowest BCUT2D eigenvalue weighted by molar-refractivity contribution is 0.0971. The minimum atomic E-state index is -0.586. The summed E-state index contributed by atoms with van der Waals surface area (Å²) in [4.78, 5) is 32.5. The molecule has 0 N–H and O–H groups in total. The number of methoxy groups -OCH3 is 1. The fraction of sp³-hybridized carbons (Fsp3) is 0.0952. The maximum atomic E-state index is 13.4. The molecule has 138 valence electrons. The fourth-order valence-electron chi connectivity index (χ4n) is 3.56. The zero-order chi connectivity index (χ0) is 19.3. The molecule has 0 fully saturated rings. The monoisotopic (exact) mass is 390 g/mol. The van der Waals surface area contributed by atoms with Crippen LogP contribution in [0.15, 0.2) is 69.3 Å². The third-order valence-electron chi connectivity index (χ3n) is 4.82. The second-order valence-corrected chi connectivity index (χ2v) is 7.21. The van der Waals surface area contributed by atoms with Crippen molar-refractivity contribution >= 4 is 33.3 Å². The molecule has 5 rings (SSSR count). The van der Waals surface area contributed by atoms with Gasteiger partial charge in [-0.15, -0.1) is 11.3 Å². The Balaban J connectivity index is 1.82. The topological polar surface area (TPSA) is 72.6 Å². The number of nitrogens with zero attached hydrogens (tertiary/aromatic N) is 2. The molecule has 1 atom stereocenters. The van der Waals surface area contributed by atoms with Gasteiger partial charge in [-0.05, 0) is 17.7 Å². The molecule has 0 radical (unpaired) electrons. The van der Waals surface area contributed by atoms with Gasteiger partial charge in [-0.25, -0.2) is 4.98 Å². The Kier molecular flexibility index (Phi) is 3.77. The summed E-state index contributed by atoms with van der Waals surface area (Å²) in [6, 6.07) is 13.8. The first kappa shape index (κ1) is 16.7. The fourth-order valence-corrected chi connectivity index (χ4v) is 4.23. The van der Waals surface area contributed by atoms with Crippen molar-refractivity contribution in [3.8, 4) is 5.75 Å². The van der Waals surface area contributed by atoms with E-state index in [9.17, 15) is 9.59 Å². The summed E-state index contributed by atoms with van der Waals surface area (Å²) in [5, 5.41) is 2.73. The zero-order valence-corrected chi connectivity index (χ0v) is 15.6. The van der Waals surface area contributed by atoms with Crippen molar-refractivity contribution in [3.05, 3.63) is 87.2 Å². The van der Waals surface area contributed by atoms with Crippen LogP contribution in [0, 0.1) is 0 Å². The van der Waals surface area contributed by atoms with Crippen LogP contribution < -0.4 is 15.1 Å². The Morgan fingerprint density at radius 2 is 1.96 bits per heavy atom. The quantitative estimate of drug-likeness (QED) is 0.529. The van der Waals surface area contributed by atoms with Gasteiger partial charge in [0.25, 0.3) is 5.91 Å². The number of hydrogen-bond donors (Lipinski definition) is 0. The van der Waals surface area contributed by atoms with Crippen molar-refractivity contribution in [2.45, 2.75) is 6.04 Å². The molecular formula is C21H14N2O4S. The number of fused-ring (bicyclic) bond motifs is 2. The highest BCUT2D eigenvalue weighted by molar-refractivity contribution is 7.13. The van der Waals surface area contributed by atoms with Gasteiger partial charge in [0.1, 0.15) is 11.3 Å². The molecule has 0 unspecified atom stereocenters. The third kappa shape index (κ3) is 2.36. The number of amides is 1. The van der Waals surface area contributed by atoms with E-state index in [0.29, 0.717) is 27.4 Å². The lowest BCUT2D eigenvalue weighted by atomic mass is 9.99. The molecule has 1 amide bonds. The van der Waals surface area contributed by atoms with Crippen LogP contribution in [-0.4, -0.2) is 18.0 Å². The average Bonchev–Trinajstić information content (AvgIpc) is 3.35. The molecule has 0 spiro atoms. The van der Waals surface area contributed by atoms with Crippen molar-refractivity contribution in [3.63, 3.8) is 0 Å². The van der Waals surface area contributed by atoms with Crippen LogP contribution in [0.4, 0.5) is 5.13 Å². The van der Waals surface area contributed by atoms with Crippen LogP contribution in [0.5, 0.6) is 5.75 Å².